The van der Waals surface area contributed by atoms with E-state index in [9.17, 15) is 0 Å². The summed E-state index contributed by atoms with van der Waals surface area (Å²) in [4.78, 5) is 2.54. The van der Waals surface area contributed by atoms with Crippen molar-refractivity contribution in [2.45, 2.75) is 52.1 Å². The van der Waals surface area contributed by atoms with Crippen LogP contribution in [0.3, 0.4) is 0 Å². The van der Waals surface area contributed by atoms with E-state index >= 15 is 0 Å². The molecule has 0 aromatic heterocycles. The van der Waals surface area contributed by atoms with Gasteiger partial charge >= 0.3 is 0 Å². The molecule has 0 bridgehead atoms. The summed E-state index contributed by atoms with van der Waals surface area (Å²) in [5.74, 6) is 0. The van der Waals surface area contributed by atoms with Crippen molar-refractivity contribution in [3.63, 3.8) is 0 Å². The Balaban J connectivity index is 2.09. The van der Waals surface area contributed by atoms with Crippen LogP contribution in [0.4, 0.5) is 0 Å². The molecular weight excluding hydrogens is 232 g/mol. The highest BCUT2D eigenvalue weighted by Crippen LogP contribution is 2.26. The van der Waals surface area contributed by atoms with Gasteiger partial charge in [0.1, 0.15) is 0 Å². The Bertz CT molecular complexity index is 389. The molecule has 1 fully saturated rings. The van der Waals surface area contributed by atoms with Gasteiger partial charge in [0.25, 0.3) is 0 Å². The molecule has 1 aromatic rings. The molecule has 0 amide bonds. The van der Waals surface area contributed by atoms with Gasteiger partial charge in [-0.05, 0) is 45.8 Å². The highest BCUT2D eigenvalue weighted by Gasteiger charge is 2.24. The summed E-state index contributed by atoms with van der Waals surface area (Å²) in [6.45, 7) is 8.71. The summed E-state index contributed by atoms with van der Waals surface area (Å²) < 4.78 is 0. The van der Waals surface area contributed by atoms with E-state index in [2.05, 4.69) is 56.2 Å². The van der Waals surface area contributed by atoms with E-state index in [0.29, 0.717) is 6.04 Å². The number of hydrogen-bond donors (Lipinski definition) is 1. The lowest BCUT2D eigenvalue weighted by Crippen LogP contribution is -2.42. The van der Waals surface area contributed by atoms with E-state index in [-0.39, 0.29) is 0 Å². The molecule has 1 aliphatic carbocycles. The van der Waals surface area contributed by atoms with Crippen LogP contribution in [0, 0.1) is 13.8 Å². The first-order chi connectivity index (χ1) is 9.10. The normalized spacial score (nSPS) is 17.5. The third-order valence-corrected chi connectivity index (χ3v) is 4.27. The molecule has 0 radical (unpaired) electrons. The zero-order chi connectivity index (χ0) is 13.8. The molecule has 1 unspecified atom stereocenters. The number of rotatable bonds is 6. The number of aryl methyl sites for hydroxylation is 2. The highest BCUT2D eigenvalue weighted by atomic mass is 15.2. The van der Waals surface area contributed by atoms with Gasteiger partial charge in [-0.25, -0.2) is 0 Å². The first kappa shape index (κ1) is 14.5. The number of hydrogen-bond acceptors (Lipinski definition) is 2. The molecule has 106 valence electrons. The molecule has 0 heterocycles. The Labute approximate surface area is 118 Å². The Morgan fingerprint density at radius 2 is 1.84 bits per heavy atom. The van der Waals surface area contributed by atoms with Gasteiger partial charge in [0.05, 0.1) is 0 Å². The Kier molecular flexibility index (Phi) is 5.00. The van der Waals surface area contributed by atoms with Gasteiger partial charge in [-0.2, -0.15) is 0 Å². The fraction of sp³-hybridized carbons (Fsp3) is 0.647. The maximum atomic E-state index is 3.65. The van der Waals surface area contributed by atoms with E-state index in [1.54, 1.807) is 0 Å². The molecular formula is C17H28N2. The first-order valence-corrected chi connectivity index (χ1v) is 7.62. The van der Waals surface area contributed by atoms with Crippen molar-refractivity contribution >= 4 is 0 Å². The second-order valence-electron chi connectivity index (χ2n) is 6.06. The highest BCUT2D eigenvalue weighted by molar-refractivity contribution is 5.31. The second kappa shape index (κ2) is 6.53. The smallest absolute Gasteiger partial charge is 0.0449 e. The summed E-state index contributed by atoms with van der Waals surface area (Å²) >= 11 is 0. The van der Waals surface area contributed by atoms with Crippen molar-refractivity contribution in [2.24, 2.45) is 0 Å². The van der Waals surface area contributed by atoms with E-state index in [1.165, 1.54) is 36.0 Å². The van der Waals surface area contributed by atoms with Crippen LogP contribution in [0.15, 0.2) is 18.2 Å². The SMILES string of the molecule is CCNC(CN(C)C1CCC1)c1cc(C)cc(C)c1. The zero-order valence-electron chi connectivity index (χ0n) is 12.9. The Morgan fingerprint density at radius 3 is 2.32 bits per heavy atom. The molecule has 0 spiro atoms. The van der Waals surface area contributed by atoms with Crippen LogP contribution in [-0.2, 0) is 0 Å². The molecule has 1 N–H and O–H groups in total. The Morgan fingerprint density at radius 1 is 1.21 bits per heavy atom. The molecule has 19 heavy (non-hydrogen) atoms. The van der Waals surface area contributed by atoms with Crippen LogP contribution in [0.2, 0.25) is 0 Å². The average molecular weight is 260 g/mol. The standard InChI is InChI=1S/C17H28N2/c1-5-18-17(12-19(4)16-7-6-8-16)15-10-13(2)9-14(3)11-15/h9-11,16-18H,5-8,12H2,1-4H3. The molecule has 1 saturated carbocycles. The van der Waals surface area contributed by atoms with Gasteiger partial charge in [0, 0.05) is 18.6 Å². The predicted octanol–water partition coefficient (Wildman–Crippen LogP) is 3.44. The van der Waals surface area contributed by atoms with Gasteiger partial charge < -0.3 is 10.2 Å². The minimum absolute atomic E-state index is 0.453. The lowest BCUT2D eigenvalue weighted by Gasteiger charge is -2.37. The van der Waals surface area contributed by atoms with Crippen LogP contribution in [0.25, 0.3) is 0 Å². The molecule has 1 atom stereocenters. The van der Waals surface area contributed by atoms with Crippen molar-refractivity contribution in [2.75, 3.05) is 20.1 Å². The molecule has 2 rings (SSSR count). The van der Waals surface area contributed by atoms with Gasteiger partial charge in [-0.3, -0.25) is 0 Å². The molecule has 0 saturated heterocycles. The van der Waals surface area contributed by atoms with E-state index in [1.807, 2.05) is 0 Å². The lowest BCUT2D eigenvalue weighted by molar-refractivity contribution is 0.145. The van der Waals surface area contributed by atoms with Gasteiger partial charge in [-0.15, -0.1) is 0 Å². The second-order valence-corrected chi connectivity index (χ2v) is 6.06. The van der Waals surface area contributed by atoms with Gasteiger partial charge in [0.2, 0.25) is 0 Å². The van der Waals surface area contributed by atoms with Crippen LogP contribution in [-0.4, -0.2) is 31.1 Å². The molecule has 1 aliphatic rings. The van der Waals surface area contributed by atoms with Crippen LogP contribution >= 0.6 is 0 Å². The minimum Gasteiger partial charge on any atom is -0.309 e. The summed E-state index contributed by atoms with van der Waals surface area (Å²) in [5.41, 5.74) is 4.17. The third-order valence-electron chi connectivity index (χ3n) is 4.27. The van der Waals surface area contributed by atoms with Crippen LogP contribution < -0.4 is 5.32 Å². The lowest BCUT2D eigenvalue weighted by atomic mass is 9.91. The quantitative estimate of drug-likeness (QED) is 0.843. The maximum absolute atomic E-state index is 3.65. The van der Waals surface area contributed by atoms with E-state index < -0.39 is 0 Å². The van der Waals surface area contributed by atoms with Crippen LogP contribution in [0.1, 0.15) is 48.9 Å². The number of nitrogens with zero attached hydrogens (tertiary/aromatic N) is 1. The zero-order valence-corrected chi connectivity index (χ0v) is 12.9. The fourth-order valence-corrected chi connectivity index (χ4v) is 3.01. The van der Waals surface area contributed by atoms with E-state index in [0.717, 1.165) is 19.1 Å². The summed E-state index contributed by atoms with van der Waals surface area (Å²) in [7, 11) is 2.27. The van der Waals surface area contributed by atoms with Crippen molar-refractivity contribution in [3.05, 3.63) is 34.9 Å². The van der Waals surface area contributed by atoms with Crippen molar-refractivity contribution in [1.82, 2.24) is 10.2 Å². The molecule has 0 aliphatic heterocycles. The predicted molar refractivity (Wildman–Crippen MR) is 82.6 cm³/mol. The largest absolute Gasteiger partial charge is 0.309 e. The van der Waals surface area contributed by atoms with Crippen molar-refractivity contribution in [1.29, 1.82) is 0 Å². The monoisotopic (exact) mass is 260 g/mol. The minimum atomic E-state index is 0.453. The fourth-order valence-electron chi connectivity index (χ4n) is 3.01. The number of nitrogens with one attached hydrogen (secondary N) is 1. The molecule has 2 nitrogen and oxygen atoms in total. The van der Waals surface area contributed by atoms with E-state index in [4.69, 9.17) is 0 Å². The van der Waals surface area contributed by atoms with Crippen molar-refractivity contribution < 1.29 is 0 Å². The maximum Gasteiger partial charge on any atom is 0.0449 e. The topological polar surface area (TPSA) is 15.3 Å². The van der Waals surface area contributed by atoms with Crippen molar-refractivity contribution in [3.8, 4) is 0 Å². The summed E-state index contributed by atoms with van der Waals surface area (Å²) in [6, 6.07) is 8.17. The third kappa shape index (κ3) is 3.80. The average Bonchev–Trinajstić information content (AvgIpc) is 2.24. The summed E-state index contributed by atoms with van der Waals surface area (Å²) in [6.07, 6.45) is 4.16. The number of benzene rings is 1. The van der Waals surface area contributed by atoms with Gasteiger partial charge in [-0.1, -0.05) is 42.7 Å². The van der Waals surface area contributed by atoms with Crippen LogP contribution in [0.5, 0.6) is 0 Å². The summed E-state index contributed by atoms with van der Waals surface area (Å²) in [5, 5.41) is 3.65. The number of likely N-dealkylation sites (N-methyl/N-ethyl adjacent to an activating group) is 2. The Hall–Kier alpha value is -0.860. The molecule has 2 heteroatoms. The van der Waals surface area contributed by atoms with Gasteiger partial charge in [0.15, 0.2) is 0 Å². The first-order valence-electron chi connectivity index (χ1n) is 7.62. The molecule has 1 aromatic carbocycles.